The molecule has 1 N–H and O–H groups in total. The predicted molar refractivity (Wildman–Crippen MR) is 94.5 cm³/mol. The van der Waals surface area contributed by atoms with E-state index in [1.807, 2.05) is 12.1 Å². The lowest BCUT2D eigenvalue weighted by Gasteiger charge is -2.29. The summed E-state index contributed by atoms with van der Waals surface area (Å²) in [6, 6.07) is 6.13. The highest BCUT2D eigenvalue weighted by Gasteiger charge is 2.23. The molecule has 1 aromatic rings. The number of amides is 1. The van der Waals surface area contributed by atoms with Crippen LogP contribution in [0.4, 0.5) is 0 Å². The Morgan fingerprint density at radius 3 is 2.72 bits per heavy atom. The normalized spacial score (nSPS) is 22.1. The number of aryl methyl sites for hydroxylation is 2. The van der Waals surface area contributed by atoms with Crippen LogP contribution in [0.25, 0.3) is 0 Å². The first kappa shape index (κ1) is 17.8. The van der Waals surface area contributed by atoms with Crippen molar-refractivity contribution < 1.29 is 19.1 Å². The van der Waals surface area contributed by atoms with Gasteiger partial charge in [0.1, 0.15) is 5.75 Å². The van der Waals surface area contributed by atoms with Crippen molar-refractivity contribution in [1.82, 2.24) is 5.32 Å². The average Bonchev–Trinajstić information content (AvgIpc) is 3.08. The Bertz CT molecular complexity index is 628. The van der Waals surface area contributed by atoms with Gasteiger partial charge in [-0.25, -0.2) is 4.79 Å². The summed E-state index contributed by atoms with van der Waals surface area (Å²) in [7, 11) is 0. The molecule has 5 heteroatoms. The number of ether oxygens (including phenoxy) is 2. The molecule has 25 heavy (non-hydrogen) atoms. The van der Waals surface area contributed by atoms with Crippen LogP contribution >= 0.6 is 0 Å². The molecule has 0 aromatic heterocycles. The summed E-state index contributed by atoms with van der Waals surface area (Å²) >= 11 is 0. The van der Waals surface area contributed by atoms with Crippen LogP contribution in [0.3, 0.4) is 0 Å². The third-order valence-corrected chi connectivity index (χ3v) is 5.25. The molecule has 0 radical (unpaired) electrons. The van der Waals surface area contributed by atoms with Crippen LogP contribution in [0.5, 0.6) is 5.75 Å². The van der Waals surface area contributed by atoms with Crippen LogP contribution in [0, 0.1) is 5.92 Å². The van der Waals surface area contributed by atoms with Crippen molar-refractivity contribution in [3.8, 4) is 5.75 Å². The summed E-state index contributed by atoms with van der Waals surface area (Å²) in [6.45, 7) is 1.74. The van der Waals surface area contributed by atoms with E-state index in [0.29, 0.717) is 11.7 Å². The maximum Gasteiger partial charge on any atom is 0.344 e. The fourth-order valence-electron chi connectivity index (χ4n) is 3.75. The first-order valence-corrected chi connectivity index (χ1v) is 9.31. The van der Waals surface area contributed by atoms with E-state index in [1.54, 1.807) is 0 Å². The number of benzene rings is 1. The van der Waals surface area contributed by atoms with Crippen LogP contribution in [-0.2, 0) is 27.2 Å². The fraction of sp³-hybridized carbons (Fsp3) is 0.600. The van der Waals surface area contributed by atoms with E-state index < -0.39 is 5.97 Å². The summed E-state index contributed by atoms with van der Waals surface area (Å²) < 4.78 is 10.5. The third kappa shape index (κ3) is 4.97. The van der Waals surface area contributed by atoms with Crippen molar-refractivity contribution in [3.63, 3.8) is 0 Å². The highest BCUT2D eigenvalue weighted by molar-refractivity contribution is 5.81. The van der Waals surface area contributed by atoms with Crippen LogP contribution in [-0.4, -0.2) is 31.1 Å². The number of rotatable bonds is 6. The SMILES string of the molecule is CC1CCCCC1NC(=O)COC(=O)COc1ccc2c(c1)CCC2. The molecule has 5 nitrogen and oxygen atoms in total. The van der Waals surface area contributed by atoms with Crippen LogP contribution in [0.15, 0.2) is 18.2 Å². The fourth-order valence-corrected chi connectivity index (χ4v) is 3.75. The monoisotopic (exact) mass is 345 g/mol. The minimum atomic E-state index is -0.521. The molecule has 2 aliphatic rings. The van der Waals surface area contributed by atoms with Crippen LogP contribution in [0.2, 0.25) is 0 Å². The average molecular weight is 345 g/mol. The predicted octanol–water partition coefficient (Wildman–Crippen LogP) is 2.79. The van der Waals surface area contributed by atoms with Gasteiger partial charge in [-0.2, -0.15) is 0 Å². The van der Waals surface area contributed by atoms with Crippen LogP contribution < -0.4 is 10.1 Å². The topological polar surface area (TPSA) is 64.6 Å². The zero-order chi connectivity index (χ0) is 17.6. The molecule has 0 saturated heterocycles. The van der Waals surface area contributed by atoms with Crippen molar-refractivity contribution in [2.45, 2.75) is 57.9 Å². The van der Waals surface area contributed by atoms with Gasteiger partial charge in [-0.05, 0) is 61.3 Å². The van der Waals surface area contributed by atoms with E-state index in [0.717, 1.165) is 32.1 Å². The Morgan fingerprint density at radius 2 is 1.88 bits per heavy atom. The van der Waals surface area contributed by atoms with Gasteiger partial charge in [-0.1, -0.05) is 25.8 Å². The van der Waals surface area contributed by atoms with E-state index in [-0.39, 0.29) is 25.2 Å². The minimum absolute atomic E-state index is 0.175. The van der Waals surface area contributed by atoms with Crippen molar-refractivity contribution in [2.75, 3.05) is 13.2 Å². The molecule has 2 unspecified atom stereocenters. The Labute approximate surface area is 149 Å². The quantitative estimate of drug-likeness (QED) is 0.805. The van der Waals surface area contributed by atoms with Gasteiger partial charge in [0.05, 0.1) is 0 Å². The highest BCUT2D eigenvalue weighted by atomic mass is 16.6. The van der Waals surface area contributed by atoms with Gasteiger partial charge >= 0.3 is 5.97 Å². The van der Waals surface area contributed by atoms with Gasteiger partial charge in [-0.15, -0.1) is 0 Å². The smallest absolute Gasteiger partial charge is 0.344 e. The number of carbonyl (C=O) groups is 2. The molecule has 2 atom stereocenters. The lowest BCUT2D eigenvalue weighted by atomic mass is 9.86. The van der Waals surface area contributed by atoms with Crippen molar-refractivity contribution in [3.05, 3.63) is 29.3 Å². The van der Waals surface area contributed by atoms with E-state index in [2.05, 4.69) is 18.3 Å². The van der Waals surface area contributed by atoms with Gasteiger partial charge in [0.2, 0.25) is 0 Å². The van der Waals surface area contributed by atoms with Gasteiger partial charge in [0.15, 0.2) is 13.2 Å². The molecule has 1 aromatic carbocycles. The molecular weight excluding hydrogens is 318 g/mol. The molecule has 1 fully saturated rings. The molecule has 3 rings (SSSR count). The van der Waals surface area contributed by atoms with Crippen molar-refractivity contribution in [1.29, 1.82) is 0 Å². The first-order chi connectivity index (χ1) is 12.1. The maximum atomic E-state index is 11.9. The van der Waals surface area contributed by atoms with Crippen LogP contribution in [0.1, 0.15) is 50.2 Å². The Hall–Kier alpha value is -2.04. The second-order valence-electron chi connectivity index (χ2n) is 7.17. The van der Waals surface area contributed by atoms with Gasteiger partial charge in [-0.3, -0.25) is 4.79 Å². The number of hydrogen-bond donors (Lipinski definition) is 1. The number of nitrogens with one attached hydrogen (secondary N) is 1. The van der Waals surface area contributed by atoms with Gasteiger partial charge in [0.25, 0.3) is 5.91 Å². The molecule has 0 spiro atoms. The summed E-state index contributed by atoms with van der Waals surface area (Å²) in [4.78, 5) is 23.7. The summed E-state index contributed by atoms with van der Waals surface area (Å²) in [5.41, 5.74) is 2.66. The third-order valence-electron chi connectivity index (χ3n) is 5.25. The largest absolute Gasteiger partial charge is 0.482 e. The van der Waals surface area contributed by atoms with E-state index in [4.69, 9.17) is 9.47 Å². The second kappa shape index (κ2) is 8.37. The molecule has 1 saturated carbocycles. The minimum Gasteiger partial charge on any atom is -0.482 e. The van der Waals surface area contributed by atoms with E-state index >= 15 is 0 Å². The Morgan fingerprint density at radius 1 is 1.08 bits per heavy atom. The number of fused-ring (bicyclic) bond motifs is 1. The summed E-state index contributed by atoms with van der Waals surface area (Å²) in [5.74, 6) is 0.409. The van der Waals surface area contributed by atoms with E-state index in [9.17, 15) is 9.59 Å². The Balaban J connectivity index is 1.37. The number of hydrogen-bond acceptors (Lipinski definition) is 4. The van der Waals surface area contributed by atoms with Gasteiger partial charge < -0.3 is 14.8 Å². The van der Waals surface area contributed by atoms with Gasteiger partial charge in [0, 0.05) is 6.04 Å². The molecule has 0 bridgehead atoms. The molecule has 2 aliphatic carbocycles. The maximum absolute atomic E-state index is 11.9. The first-order valence-electron chi connectivity index (χ1n) is 9.31. The second-order valence-corrected chi connectivity index (χ2v) is 7.17. The standard InChI is InChI=1S/C20H27NO4/c1-14-5-2-3-8-18(14)21-19(22)12-25-20(23)13-24-17-10-9-15-6-4-7-16(15)11-17/h9-11,14,18H,2-8,12-13H2,1H3,(H,21,22). The summed E-state index contributed by atoms with van der Waals surface area (Å²) in [6.07, 6.45) is 7.87. The lowest BCUT2D eigenvalue weighted by molar-refractivity contribution is -0.150. The molecular formula is C20H27NO4. The van der Waals surface area contributed by atoms with E-state index in [1.165, 1.54) is 24.0 Å². The van der Waals surface area contributed by atoms with Crippen molar-refractivity contribution >= 4 is 11.9 Å². The number of carbonyl (C=O) groups excluding carboxylic acids is 2. The lowest BCUT2D eigenvalue weighted by Crippen LogP contribution is -2.43. The Kier molecular flexibility index (Phi) is 5.95. The molecule has 0 aliphatic heterocycles. The molecule has 0 heterocycles. The summed E-state index contributed by atoms with van der Waals surface area (Å²) in [5, 5.41) is 2.97. The molecule has 136 valence electrons. The highest BCUT2D eigenvalue weighted by Crippen LogP contribution is 2.26. The zero-order valence-electron chi connectivity index (χ0n) is 14.9. The zero-order valence-corrected chi connectivity index (χ0v) is 14.9. The number of esters is 1. The molecule has 1 amide bonds. The van der Waals surface area contributed by atoms with Crippen molar-refractivity contribution in [2.24, 2.45) is 5.92 Å².